The molecule has 4 heterocycles. The SMILES string of the molecule is CC(C)[C@H](NC(=O)[C@H](Cc1ccccc1)NC(=O)[C@H](Cc1ccccc1)NC(=O)[C@H](Cc1cnc[nH]1)NC(=O)[C@H](Cc1ccccc1)NC(=O)[C@H]1CCCN1C(=O)[C@H](Cc1cnc[nH]1)NC(=O)[C@H]1CCCN1)C(=O)N[C@@H](Cc1ccc(O)cc1)C(=O)N[C@H](CCCCN)C(=O)O. The lowest BCUT2D eigenvalue weighted by molar-refractivity contribution is -0.142. The molecule has 27 nitrogen and oxygen atoms in total. The van der Waals surface area contributed by atoms with E-state index in [1.54, 1.807) is 123 Å². The Balaban J connectivity index is 1.03. The minimum atomic E-state index is -1.44. The normalized spacial score (nSPS) is 16.9. The number of benzene rings is 4. The maximum Gasteiger partial charge on any atom is 0.326 e. The van der Waals surface area contributed by atoms with Gasteiger partial charge in [0.2, 0.25) is 53.2 Å². The summed E-state index contributed by atoms with van der Waals surface area (Å²) < 4.78 is 0. The number of nitrogens with two attached hydrogens (primary N) is 1. The lowest BCUT2D eigenvalue weighted by atomic mass is 9.98. The number of unbranched alkanes of at least 4 members (excludes halogenated alkanes) is 1. The third kappa shape index (κ3) is 21.4. The number of amides is 9. The smallest absolute Gasteiger partial charge is 0.326 e. The molecule has 0 radical (unpaired) electrons. The maximum absolute atomic E-state index is 15.1. The predicted octanol–water partition coefficient (Wildman–Crippen LogP) is 1.09. The Bertz CT molecular complexity index is 3520. The second-order valence-corrected chi connectivity index (χ2v) is 24.6. The molecule has 510 valence electrons. The van der Waals surface area contributed by atoms with E-state index < -0.39 is 120 Å². The number of nitrogens with zero attached hydrogens (tertiary/aromatic N) is 3. The van der Waals surface area contributed by atoms with Gasteiger partial charge in [-0.25, -0.2) is 14.8 Å². The Kier molecular flexibility index (Phi) is 26.7. The molecule has 2 fully saturated rings. The number of H-pyrrole nitrogens is 2. The van der Waals surface area contributed by atoms with Gasteiger partial charge in [-0.05, 0) is 98.3 Å². The van der Waals surface area contributed by atoms with Crippen LogP contribution in [-0.4, -0.2) is 174 Å². The Morgan fingerprint density at radius 1 is 0.510 bits per heavy atom. The Morgan fingerprint density at radius 3 is 1.40 bits per heavy atom. The van der Waals surface area contributed by atoms with Crippen molar-refractivity contribution in [1.29, 1.82) is 0 Å². The molecule has 2 aromatic heterocycles. The van der Waals surface area contributed by atoms with Crippen LogP contribution in [0.2, 0.25) is 0 Å². The molecular formula is C69H87N15O12. The summed E-state index contributed by atoms with van der Waals surface area (Å²) in [6.07, 6.45) is 8.44. The lowest BCUT2D eigenvalue weighted by Gasteiger charge is -2.31. The zero-order valence-corrected chi connectivity index (χ0v) is 53.8. The van der Waals surface area contributed by atoms with Gasteiger partial charge in [0.05, 0.1) is 18.7 Å². The fourth-order valence-corrected chi connectivity index (χ4v) is 11.7. The number of carbonyl (C=O) groups is 10. The number of aromatic hydroxyl groups is 1. The van der Waals surface area contributed by atoms with E-state index in [4.69, 9.17) is 5.73 Å². The van der Waals surface area contributed by atoms with Crippen molar-refractivity contribution in [2.24, 2.45) is 11.7 Å². The number of rotatable bonds is 35. The van der Waals surface area contributed by atoms with Crippen molar-refractivity contribution in [3.63, 3.8) is 0 Å². The van der Waals surface area contributed by atoms with Crippen molar-refractivity contribution in [3.8, 4) is 5.75 Å². The van der Waals surface area contributed by atoms with Gasteiger partial charge < -0.3 is 78.7 Å². The van der Waals surface area contributed by atoms with Gasteiger partial charge in [-0.2, -0.15) is 0 Å². The summed E-state index contributed by atoms with van der Waals surface area (Å²) in [5.41, 5.74) is 9.04. The van der Waals surface area contributed by atoms with E-state index in [1.807, 2.05) is 0 Å². The number of aromatic amines is 2. The summed E-state index contributed by atoms with van der Waals surface area (Å²) in [6.45, 7) is 4.49. The van der Waals surface area contributed by atoms with E-state index in [-0.39, 0.29) is 69.6 Å². The average Bonchev–Trinajstić information content (AvgIpc) is 1.23. The van der Waals surface area contributed by atoms with Crippen molar-refractivity contribution in [1.82, 2.24) is 72.7 Å². The van der Waals surface area contributed by atoms with Crippen molar-refractivity contribution in [2.45, 2.75) is 158 Å². The number of phenols is 1. The summed E-state index contributed by atoms with van der Waals surface area (Å²) >= 11 is 0. The van der Waals surface area contributed by atoms with Crippen LogP contribution in [0.4, 0.5) is 0 Å². The monoisotopic (exact) mass is 1320 g/mol. The first-order valence-electron chi connectivity index (χ1n) is 32.6. The van der Waals surface area contributed by atoms with Gasteiger partial charge in [0.15, 0.2) is 0 Å². The van der Waals surface area contributed by atoms with Gasteiger partial charge in [-0.15, -0.1) is 0 Å². The predicted molar refractivity (Wildman–Crippen MR) is 353 cm³/mol. The lowest BCUT2D eigenvalue weighted by Crippen LogP contribution is -2.62. The molecule has 2 saturated heterocycles. The van der Waals surface area contributed by atoms with Gasteiger partial charge >= 0.3 is 5.97 Å². The highest BCUT2D eigenvalue weighted by Gasteiger charge is 2.41. The number of carboxylic acid groups (broad SMARTS) is 1. The topological polar surface area (TPSA) is 406 Å². The number of aromatic nitrogens is 4. The van der Waals surface area contributed by atoms with Crippen LogP contribution >= 0.6 is 0 Å². The number of aliphatic carboxylic acids is 1. The number of hydrogen-bond acceptors (Lipinski definition) is 15. The molecule has 2 aliphatic rings. The van der Waals surface area contributed by atoms with Gasteiger partial charge in [0.1, 0.15) is 60.1 Å². The number of imidazole rings is 2. The highest BCUT2D eigenvalue weighted by molar-refractivity contribution is 5.99. The third-order valence-corrected chi connectivity index (χ3v) is 17.0. The number of nitrogens with one attached hydrogen (secondary N) is 11. The summed E-state index contributed by atoms with van der Waals surface area (Å²) in [7, 11) is 0. The number of phenolic OH excluding ortho intramolecular Hbond substituents is 1. The Hall–Kier alpha value is -10.3. The van der Waals surface area contributed by atoms with Gasteiger partial charge in [0.25, 0.3) is 0 Å². The molecule has 0 aliphatic carbocycles. The molecule has 15 N–H and O–H groups in total. The van der Waals surface area contributed by atoms with Crippen molar-refractivity contribution >= 4 is 59.1 Å². The van der Waals surface area contributed by atoms with E-state index in [0.717, 1.165) is 6.42 Å². The zero-order valence-electron chi connectivity index (χ0n) is 53.8. The maximum atomic E-state index is 15.1. The first kappa shape index (κ1) is 71.6. The molecule has 0 saturated carbocycles. The van der Waals surface area contributed by atoms with E-state index >= 15 is 9.59 Å². The van der Waals surface area contributed by atoms with Crippen LogP contribution < -0.4 is 53.6 Å². The molecule has 9 amide bonds. The third-order valence-electron chi connectivity index (χ3n) is 17.0. The molecule has 6 aromatic rings. The van der Waals surface area contributed by atoms with E-state index in [9.17, 15) is 48.6 Å². The van der Waals surface area contributed by atoms with Gasteiger partial charge in [0, 0.05) is 68.9 Å². The first-order valence-corrected chi connectivity index (χ1v) is 32.6. The molecular weight excluding hydrogens is 1230 g/mol. The molecule has 4 aromatic carbocycles. The zero-order chi connectivity index (χ0) is 68.5. The molecule has 27 heteroatoms. The van der Waals surface area contributed by atoms with E-state index in [1.165, 1.54) is 35.9 Å². The standard InChI is InChI=1S/C69H87N15O12/c1-42(2)59(67(93)81-54(35-46-25-27-49(85)28-26-46)61(87)76-51(69(95)96)22-12-13-29-70)83-65(91)55(34-45-20-10-5-11-21-45)78-62(88)52(32-43-16-6-3-7-17-43)77-64(90)56(36-47-38-71-40-74-47)79-63(89)53(33-44-18-8-4-9-19-44)80-66(92)58-24-15-31-84(58)68(94)57(37-48-39-72-41-75-48)82-60(86)50-23-14-30-73-50/h3-11,16-21,25-28,38-42,50-59,73,85H,12-15,22-24,29-37,70H2,1-2H3,(H,71,74)(H,72,75)(H,76,87)(H,77,90)(H,78,88)(H,79,89)(H,80,92)(H,81,93)(H,82,86)(H,83,91)(H,95,96)/t50-,51-,52+,53+,54+,55+,56+,57+,58-,59+/m1/s1. The van der Waals surface area contributed by atoms with Crippen LogP contribution in [0.25, 0.3) is 0 Å². The summed E-state index contributed by atoms with van der Waals surface area (Å²) in [4.78, 5) is 159. The molecule has 10 atom stereocenters. The van der Waals surface area contributed by atoms with Crippen molar-refractivity contribution < 1.29 is 58.2 Å². The Morgan fingerprint density at radius 2 is 0.948 bits per heavy atom. The molecule has 96 heavy (non-hydrogen) atoms. The average molecular weight is 1320 g/mol. The molecule has 2 aliphatic heterocycles. The fourth-order valence-electron chi connectivity index (χ4n) is 11.7. The van der Waals surface area contributed by atoms with Crippen LogP contribution in [0.15, 0.2) is 140 Å². The quantitative estimate of drug-likeness (QED) is 0.0248. The van der Waals surface area contributed by atoms with E-state index in [0.29, 0.717) is 72.4 Å². The largest absolute Gasteiger partial charge is 0.508 e. The second kappa shape index (κ2) is 35.8. The minimum absolute atomic E-state index is 0.0484. The highest BCUT2D eigenvalue weighted by Crippen LogP contribution is 2.22. The van der Waals surface area contributed by atoms with Gasteiger partial charge in [-0.1, -0.05) is 117 Å². The van der Waals surface area contributed by atoms with Crippen LogP contribution in [0.5, 0.6) is 5.75 Å². The van der Waals surface area contributed by atoms with Crippen LogP contribution in [0.3, 0.4) is 0 Å². The van der Waals surface area contributed by atoms with Crippen molar-refractivity contribution in [3.05, 3.63) is 174 Å². The highest BCUT2D eigenvalue weighted by atomic mass is 16.4. The van der Waals surface area contributed by atoms with Crippen LogP contribution in [0, 0.1) is 5.92 Å². The summed E-state index contributed by atoms with van der Waals surface area (Å²) in [5.74, 6) is -8.30. The fraction of sp³-hybridized carbons (Fsp3) is 0.420. The van der Waals surface area contributed by atoms with Crippen LogP contribution in [-0.2, 0) is 86.5 Å². The number of hydrogen-bond donors (Lipinski definition) is 14. The molecule has 0 spiro atoms. The van der Waals surface area contributed by atoms with Gasteiger partial charge in [-0.3, -0.25) is 43.2 Å². The molecule has 8 rings (SSSR count). The summed E-state index contributed by atoms with van der Waals surface area (Å²) in [6, 6.07) is 20.1. The molecule has 0 unspecified atom stereocenters. The van der Waals surface area contributed by atoms with Crippen LogP contribution in [0.1, 0.15) is 92.4 Å². The second-order valence-electron chi connectivity index (χ2n) is 24.6. The number of likely N-dealkylation sites (tertiary alicyclic amines) is 1. The number of carboxylic acids is 1. The number of carbonyl (C=O) groups excluding carboxylic acids is 9. The minimum Gasteiger partial charge on any atom is -0.508 e. The van der Waals surface area contributed by atoms with E-state index in [2.05, 4.69) is 67.8 Å². The first-order chi connectivity index (χ1) is 46.3. The Labute approximate surface area is 556 Å². The van der Waals surface area contributed by atoms with Crippen molar-refractivity contribution in [2.75, 3.05) is 19.6 Å². The molecule has 0 bridgehead atoms. The summed E-state index contributed by atoms with van der Waals surface area (Å²) in [5, 5.41) is 45.6.